The first-order chi connectivity index (χ1) is 13.1. The predicted octanol–water partition coefficient (Wildman–Crippen LogP) is 4.38. The minimum Gasteiger partial charge on any atom is -0.298 e. The first-order valence-electron chi connectivity index (χ1n) is 8.36. The van der Waals surface area contributed by atoms with Crippen LogP contribution < -0.4 is 5.32 Å². The Morgan fingerprint density at radius 2 is 2.00 bits per heavy atom. The number of aromatic nitrogens is 4. The Bertz CT molecular complexity index is 1080. The number of carbonyl (C=O) groups is 1. The van der Waals surface area contributed by atoms with Crippen LogP contribution in [0.2, 0.25) is 0 Å². The Hall–Kier alpha value is -2.84. The van der Waals surface area contributed by atoms with Crippen LogP contribution >= 0.6 is 22.7 Å². The lowest BCUT2D eigenvalue weighted by atomic mass is 10.1. The smallest absolute Gasteiger partial charge is 0.257 e. The van der Waals surface area contributed by atoms with E-state index < -0.39 is 0 Å². The van der Waals surface area contributed by atoms with Gasteiger partial charge in [0.25, 0.3) is 5.91 Å². The molecule has 0 saturated heterocycles. The lowest BCUT2D eigenvalue weighted by Gasteiger charge is -2.08. The number of benzene rings is 1. The van der Waals surface area contributed by atoms with Crippen molar-refractivity contribution in [2.45, 2.75) is 20.4 Å². The van der Waals surface area contributed by atoms with Crippen LogP contribution in [0.15, 0.2) is 49.1 Å². The average Bonchev–Trinajstić information content (AvgIpc) is 3.38. The number of anilines is 1. The minimum atomic E-state index is -0.173. The first-order valence-corrected chi connectivity index (χ1v) is 9.99. The van der Waals surface area contributed by atoms with Crippen molar-refractivity contribution in [3.05, 3.63) is 69.9 Å². The number of thiazole rings is 1. The molecule has 0 spiro atoms. The maximum atomic E-state index is 12.8. The van der Waals surface area contributed by atoms with Gasteiger partial charge >= 0.3 is 0 Å². The second kappa shape index (κ2) is 7.42. The van der Waals surface area contributed by atoms with E-state index in [2.05, 4.69) is 39.4 Å². The normalized spacial score (nSPS) is 10.9. The van der Waals surface area contributed by atoms with Gasteiger partial charge in [0.15, 0.2) is 5.13 Å². The molecule has 1 aromatic carbocycles. The quantitative estimate of drug-likeness (QED) is 0.544. The number of rotatable bonds is 5. The second-order valence-electron chi connectivity index (χ2n) is 6.04. The van der Waals surface area contributed by atoms with Gasteiger partial charge in [-0.2, -0.15) is 5.10 Å². The van der Waals surface area contributed by atoms with Crippen LogP contribution in [0.5, 0.6) is 0 Å². The molecule has 3 heterocycles. The molecule has 0 atom stereocenters. The average molecular weight is 396 g/mol. The Morgan fingerprint density at radius 1 is 1.15 bits per heavy atom. The van der Waals surface area contributed by atoms with Gasteiger partial charge in [-0.05, 0) is 37.6 Å². The van der Waals surface area contributed by atoms with Crippen molar-refractivity contribution in [3.63, 3.8) is 0 Å². The molecule has 1 N–H and O–H groups in total. The summed E-state index contributed by atoms with van der Waals surface area (Å²) < 4.78 is 1.69. The molecule has 4 aromatic rings. The van der Waals surface area contributed by atoms with Crippen LogP contribution in [-0.4, -0.2) is 25.7 Å². The van der Waals surface area contributed by atoms with Crippen molar-refractivity contribution >= 4 is 33.7 Å². The maximum Gasteiger partial charge on any atom is 0.257 e. The highest BCUT2D eigenvalue weighted by atomic mass is 32.1. The Kier molecular flexibility index (Phi) is 4.83. The summed E-state index contributed by atoms with van der Waals surface area (Å²) in [7, 11) is 0. The molecule has 136 valence electrons. The van der Waals surface area contributed by atoms with Gasteiger partial charge < -0.3 is 0 Å². The Labute approximate surface area is 164 Å². The molecule has 3 aromatic heterocycles. The molecule has 1 amide bonds. The summed E-state index contributed by atoms with van der Waals surface area (Å²) in [5, 5.41) is 7.66. The van der Waals surface area contributed by atoms with Crippen LogP contribution in [0.25, 0.3) is 10.6 Å². The van der Waals surface area contributed by atoms with E-state index in [1.54, 1.807) is 22.3 Å². The van der Waals surface area contributed by atoms with Crippen molar-refractivity contribution in [1.82, 2.24) is 19.7 Å². The van der Waals surface area contributed by atoms with Crippen molar-refractivity contribution in [3.8, 4) is 10.6 Å². The number of hydrogen-bond donors (Lipinski definition) is 1. The molecular formula is C19H17N5OS2. The molecule has 0 aliphatic rings. The van der Waals surface area contributed by atoms with E-state index in [0.717, 1.165) is 21.0 Å². The minimum absolute atomic E-state index is 0.173. The fraction of sp³-hybridized carbons (Fsp3) is 0.158. The fourth-order valence-electron chi connectivity index (χ4n) is 2.77. The van der Waals surface area contributed by atoms with E-state index in [1.807, 2.05) is 31.2 Å². The summed E-state index contributed by atoms with van der Waals surface area (Å²) in [5.41, 5.74) is 2.42. The standard InChI is InChI=1S/C19H17N5OS2/c1-12-7-8-16(26-12)17-13(2)27-19(22-17)23-18(25)15-6-4-3-5-14(15)9-24-11-20-10-21-24/h3-8,10-11H,9H2,1-2H3,(H,22,23,25). The third kappa shape index (κ3) is 3.81. The van der Waals surface area contributed by atoms with Crippen molar-refractivity contribution in [1.29, 1.82) is 0 Å². The number of nitrogens with one attached hydrogen (secondary N) is 1. The largest absolute Gasteiger partial charge is 0.298 e. The molecule has 0 fully saturated rings. The van der Waals surface area contributed by atoms with Crippen LogP contribution in [0.4, 0.5) is 5.13 Å². The van der Waals surface area contributed by atoms with Gasteiger partial charge in [0.05, 0.1) is 17.1 Å². The molecule has 0 radical (unpaired) electrons. The molecule has 0 bridgehead atoms. The SMILES string of the molecule is Cc1ccc(-c2nc(NC(=O)c3ccccc3Cn3cncn3)sc2C)s1. The molecule has 8 heteroatoms. The van der Waals surface area contributed by atoms with Crippen LogP contribution in [0.3, 0.4) is 0 Å². The maximum absolute atomic E-state index is 12.8. The Morgan fingerprint density at radius 3 is 2.74 bits per heavy atom. The lowest BCUT2D eigenvalue weighted by Crippen LogP contribution is -2.15. The van der Waals surface area contributed by atoms with Gasteiger partial charge in [0, 0.05) is 15.3 Å². The van der Waals surface area contributed by atoms with Gasteiger partial charge in [-0.1, -0.05) is 18.2 Å². The molecular weight excluding hydrogens is 378 g/mol. The van der Waals surface area contributed by atoms with E-state index in [1.165, 1.54) is 22.5 Å². The zero-order chi connectivity index (χ0) is 18.8. The number of aryl methyl sites for hydroxylation is 2. The summed E-state index contributed by atoms with van der Waals surface area (Å²) in [6, 6.07) is 11.6. The van der Waals surface area contributed by atoms with E-state index in [4.69, 9.17) is 0 Å². The zero-order valence-electron chi connectivity index (χ0n) is 14.8. The summed E-state index contributed by atoms with van der Waals surface area (Å²) in [6.07, 6.45) is 3.11. The third-order valence-corrected chi connectivity index (χ3v) is 5.95. The summed E-state index contributed by atoms with van der Waals surface area (Å²) in [6.45, 7) is 4.58. The first kappa shape index (κ1) is 17.6. The number of thiophene rings is 1. The summed E-state index contributed by atoms with van der Waals surface area (Å²) >= 11 is 3.19. The second-order valence-corrected chi connectivity index (χ2v) is 8.53. The molecule has 0 aliphatic carbocycles. The van der Waals surface area contributed by atoms with Gasteiger partial charge in [0.1, 0.15) is 12.7 Å². The molecule has 4 rings (SSSR count). The van der Waals surface area contributed by atoms with Crippen molar-refractivity contribution in [2.24, 2.45) is 0 Å². The number of amides is 1. The highest BCUT2D eigenvalue weighted by Gasteiger charge is 2.16. The van der Waals surface area contributed by atoms with Gasteiger partial charge in [-0.25, -0.2) is 14.6 Å². The third-order valence-electron chi connectivity index (χ3n) is 4.05. The number of hydrogen-bond acceptors (Lipinski definition) is 6. The van der Waals surface area contributed by atoms with Gasteiger partial charge in [-0.3, -0.25) is 10.1 Å². The van der Waals surface area contributed by atoms with E-state index in [-0.39, 0.29) is 5.91 Å². The van der Waals surface area contributed by atoms with Crippen LogP contribution in [-0.2, 0) is 6.54 Å². The predicted molar refractivity (Wildman–Crippen MR) is 108 cm³/mol. The van der Waals surface area contributed by atoms with Gasteiger partial charge in [0.2, 0.25) is 0 Å². The van der Waals surface area contributed by atoms with Crippen LogP contribution in [0.1, 0.15) is 25.7 Å². The Balaban J connectivity index is 1.57. The topological polar surface area (TPSA) is 72.7 Å². The van der Waals surface area contributed by atoms with E-state index in [0.29, 0.717) is 17.2 Å². The van der Waals surface area contributed by atoms with Crippen molar-refractivity contribution in [2.75, 3.05) is 5.32 Å². The van der Waals surface area contributed by atoms with E-state index >= 15 is 0 Å². The summed E-state index contributed by atoms with van der Waals surface area (Å²) in [4.78, 5) is 24.9. The zero-order valence-corrected chi connectivity index (χ0v) is 16.5. The highest BCUT2D eigenvalue weighted by molar-refractivity contribution is 7.18. The highest BCUT2D eigenvalue weighted by Crippen LogP contribution is 2.34. The van der Waals surface area contributed by atoms with Crippen LogP contribution in [0, 0.1) is 13.8 Å². The molecule has 0 saturated carbocycles. The monoisotopic (exact) mass is 395 g/mol. The number of nitrogens with zero attached hydrogens (tertiary/aromatic N) is 4. The summed E-state index contributed by atoms with van der Waals surface area (Å²) in [5.74, 6) is -0.173. The van der Waals surface area contributed by atoms with Gasteiger partial charge in [-0.15, -0.1) is 22.7 Å². The number of carbonyl (C=O) groups excluding carboxylic acids is 1. The van der Waals surface area contributed by atoms with Crippen molar-refractivity contribution < 1.29 is 4.79 Å². The molecule has 6 nitrogen and oxygen atoms in total. The van der Waals surface area contributed by atoms with E-state index in [9.17, 15) is 4.79 Å². The molecule has 0 aliphatic heterocycles. The molecule has 0 unspecified atom stereocenters. The molecule has 27 heavy (non-hydrogen) atoms. The fourth-order valence-corrected chi connectivity index (χ4v) is 4.58. The lowest BCUT2D eigenvalue weighted by molar-refractivity contribution is 0.102.